The maximum absolute atomic E-state index is 5.65. The van der Waals surface area contributed by atoms with E-state index in [9.17, 15) is 0 Å². The van der Waals surface area contributed by atoms with Crippen LogP contribution in [0.25, 0.3) is 6.08 Å². The highest BCUT2D eigenvalue weighted by Crippen LogP contribution is 2.14. The molecule has 0 aliphatic carbocycles. The Bertz CT molecular complexity index is 535. The van der Waals surface area contributed by atoms with Crippen LogP contribution in [0.4, 0.5) is 0 Å². The molecule has 0 aliphatic heterocycles. The third-order valence-corrected chi connectivity index (χ3v) is 3.25. The van der Waals surface area contributed by atoms with Crippen molar-refractivity contribution in [3.8, 4) is 11.5 Å². The fourth-order valence-corrected chi connectivity index (χ4v) is 2.23. The summed E-state index contributed by atoms with van der Waals surface area (Å²) in [6, 6.07) is 18.1. The van der Waals surface area contributed by atoms with Crippen molar-refractivity contribution < 1.29 is 9.47 Å². The van der Waals surface area contributed by atoms with Crippen molar-refractivity contribution in [3.05, 3.63) is 66.2 Å². The number of hydrogen-bond acceptors (Lipinski definition) is 2. The molecule has 0 saturated carbocycles. The SMILES string of the molecule is ICOc1ccc(/C=C\CCCOc2ccccc2)cc1. The molecule has 2 nitrogen and oxygen atoms in total. The smallest absolute Gasteiger partial charge is 0.139 e. The van der Waals surface area contributed by atoms with Crippen LogP contribution in [0.2, 0.25) is 0 Å². The third kappa shape index (κ3) is 6.21. The summed E-state index contributed by atoms with van der Waals surface area (Å²) >= 11 is 2.19. The molecule has 0 bridgehead atoms. The van der Waals surface area contributed by atoms with E-state index in [1.54, 1.807) is 0 Å². The fourth-order valence-electron chi connectivity index (χ4n) is 1.87. The van der Waals surface area contributed by atoms with E-state index in [1.165, 1.54) is 5.56 Å². The van der Waals surface area contributed by atoms with Crippen LogP contribution in [-0.4, -0.2) is 11.2 Å². The Morgan fingerprint density at radius 3 is 2.29 bits per heavy atom. The summed E-state index contributed by atoms with van der Waals surface area (Å²) in [6.45, 7) is 0.747. The Hall–Kier alpha value is -1.49. The number of rotatable bonds is 8. The van der Waals surface area contributed by atoms with Crippen molar-refractivity contribution in [2.75, 3.05) is 11.2 Å². The summed E-state index contributed by atoms with van der Waals surface area (Å²) in [5.41, 5.74) is 1.19. The lowest BCUT2D eigenvalue weighted by Crippen LogP contribution is -1.95. The van der Waals surface area contributed by atoms with E-state index in [1.807, 2.05) is 42.5 Å². The van der Waals surface area contributed by atoms with Gasteiger partial charge in [-0.05, 0) is 65.3 Å². The highest BCUT2D eigenvalue weighted by molar-refractivity contribution is 14.1. The van der Waals surface area contributed by atoms with E-state index in [0.29, 0.717) is 4.61 Å². The van der Waals surface area contributed by atoms with E-state index >= 15 is 0 Å². The van der Waals surface area contributed by atoms with Crippen LogP contribution < -0.4 is 9.47 Å². The maximum atomic E-state index is 5.65. The first-order chi connectivity index (χ1) is 10.4. The highest BCUT2D eigenvalue weighted by atomic mass is 127. The van der Waals surface area contributed by atoms with Gasteiger partial charge in [0.25, 0.3) is 0 Å². The molecular formula is C18H19IO2. The Balaban J connectivity index is 1.66. The molecule has 2 aromatic rings. The van der Waals surface area contributed by atoms with Crippen LogP contribution in [-0.2, 0) is 0 Å². The van der Waals surface area contributed by atoms with Gasteiger partial charge in [0.1, 0.15) is 16.1 Å². The van der Waals surface area contributed by atoms with Crippen molar-refractivity contribution in [1.82, 2.24) is 0 Å². The molecule has 2 aromatic carbocycles. The summed E-state index contributed by atoms with van der Waals surface area (Å²) in [5, 5.41) is 0. The van der Waals surface area contributed by atoms with Gasteiger partial charge in [-0.3, -0.25) is 0 Å². The number of unbranched alkanes of at least 4 members (excludes halogenated alkanes) is 1. The van der Waals surface area contributed by atoms with E-state index < -0.39 is 0 Å². The van der Waals surface area contributed by atoms with Crippen molar-refractivity contribution in [2.45, 2.75) is 12.8 Å². The third-order valence-electron chi connectivity index (χ3n) is 2.94. The van der Waals surface area contributed by atoms with Gasteiger partial charge in [-0.15, -0.1) is 0 Å². The molecule has 3 heteroatoms. The number of halogens is 1. The van der Waals surface area contributed by atoms with Gasteiger partial charge < -0.3 is 9.47 Å². The quantitative estimate of drug-likeness (QED) is 0.342. The molecule has 0 unspecified atom stereocenters. The van der Waals surface area contributed by atoms with Gasteiger partial charge in [0.05, 0.1) is 6.61 Å². The Morgan fingerprint density at radius 2 is 1.57 bits per heavy atom. The first-order valence-electron chi connectivity index (χ1n) is 7.02. The second-order valence-electron chi connectivity index (χ2n) is 4.53. The Kier molecular flexibility index (Phi) is 7.15. The van der Waals surface area contributed by atoms with Gasteiger partial charge in [-0.1, -0.05) is 42.5 Å². The summed E-state index contributed by atoms with van der Waals surface area (Å²) in [6.07, 6.45) is 6.35. The normalized spacial score (nSPS) is 10.7. The number of allylic oxidation sites excluding steroid dienone is 1. The fraction of sp³-hybridized carbons (Fsp3) is 0.222. The van der Waals surface area contributed by atoms with E-state index in [0.717, 1.165) is 30.9 Å². The molecule has 0 spiro atoms. The largest absolute Gasteiger partial charge is 0.494 e. The summed E-state index contributed by atoms with van der Waals surface area (Å²) in [5.74, 6) is 1.85. The molecule has 0 aromatic heterocycles. The molecule has 2 rings (SSSR count). The number of hydrogen-bond donors (Lipinski definition) is 0. The van der Waals surface area contributed by atoms with E-state index in [4.69, 9.17) is 9.47 Å². The lowest BCUT2D eigenvalue weighted by atomic mass is 10.2. The molecule has 0 aliphatic rings. The Labute approximate surface area is 139 Å². The van der Waals surface area contributed by atoms with Gasteiger partial charge >= 0.3 is 0 Å². The van der Waals surface area contributed by atoms with Crippen LogP contribution in [0.15, 0.2) is 60.7 Å². The molecule has 0 radical (unpaired) electrons. The highest BCUT2D eigenvalue weighted by Gasteiger charge is 1.92. The Morgan fingerprint density at radius 1 is 0.857 bits per heavy atom. The lowest BCUT2D eigenvalue weighted by molar-refractivity contribution is 0.312. The first kappa shape index (κ1) is 15.9. The van der Waals surface area contributed by atoms with E-state index in [-0.39, 0.29) is 0 Å². The predicted octanol–water partition coefficient (Wildman–Crippen LogP) is 5.33. The average molecular weight is 394 g/mol. The molecule has 0 atom stereocenters. The minimum atomic E-state index is 0.675. The van der Waals surface area contributed by atoms with Gasteiger partial charge in [-0.25, -0.2) is 0 Å². The molecule has 0 N–H and O–H groups in total. The number of para-hydroxylation sites is 1. The van der Waals surface area contributed by atoms with Gasteiger partial charge in [0, 0.05) is 0 Å². The molecule has 0 heterocycles. The number of ether oxygens (including phenoxy) is 2. The van der Waals surface area contributed by atoms with Gasteiger partial charge in [0.15, 0.2) is 0 Å². The minimum Gasteiger partial charge on any atom is -0.494 e. The summed E-state index contributed by atoms with van der Waals surface area (Å²) in [7, 11) is 0. The van der Waals surface area contributed by atoms with Crippen LogP contribution in [0.1, 0.15) is 18.4 Å². The predicted molar refractivity (Wildman–Crippen MR) is 96.2 cm³/mol. The number of alkyl halides is 1. The standard InChI is InChI=1S/C18H19IO2/c19-15-21-18-12-10-16(11-13-18)7-3-2-6-14-20-17-8-4-1-5-9-17/h1,3-5,7-13H,2,6,14-15H2/b7-3-. The van der Waals surface area contributed by atoms with Crippen molar-refractivity contribution in [3.63, 3.8) is 0 Å². The van der Waals surface area contributed by atoms with Crippen molar-refractivity contribution >= 4 is 28.7 Å². The minimum absolute atomic E-state index is 0.675. The molecule has 0 fully saturated rings. The van der Waals surface area contributed by atoms with Gasteiger partial charge in [-0.2, -0.15) is 0 Å². The van der Waals surface area contributed by atoms with Crippen LogP contribution in [0.5, 0.6) is 11.5 Å². The van der Waals surface area contributed by atoms with Crippen LogP contribution in [0, 0.1) is 0 Å². The summed E-state index contributed by atoms with van der Waals surface area (Å²) < 4.78 is 11.7. The second-order valence-corrected chi connectivity index (χ2v) is 5.15. The van der Waals surface area contributed by atoms with E-state index in [2.05, 4.69) is 46.9 Å². The summed E-state index contributed by atoms with van der Waals surface area (Å²) in [4.78, 5) is 0. The zero-order valence-electron chi connectivity index (χ0n) is 11.9. The zero-order chi connectivity index (χ0) is 14.8. The first-order valence-corrected chi connectivity index (χ1v) is 8.54. The molecule has 21 heavy (non-hydrogen) atoms. The van der Waals surface area contributed by atoms with Crippen LogP contribution in [0.3, 0.4) is 0 Å². The zero-order valence-corrected chi connectivity index (χ0v) is 14.0. The van der Waals surface area contributed by atoms with Crippen molar-refractivity contribution in [1.29, 1.82) is 0 Å². The van der Waals surface area contributed by atoms with Crippen LogP contribution >= 0.6 is 22.6 Å². The molecule has 0 amide bonds. The topological polar surface area (TPSA) is 18.5 Å². The molecule has 110 valence electrons. The lowest BCUT2D eigenvalue weighted by Gasteiger charge is -2.04. The van der Waals surface area contributed by atoms with Crippen molar-refractivity contribution in [2.24, 2.45) is 0 Å². The maximum Gasteiger partial charge on any atom is 0.139 e. The molecule has 0 saturated heterocycles. The monoisotopic (exact) mass is 394 g/mol. The van der Waals surface area contributed by atoms with Gasteiger partial charge in [0.2, 0.25) is 0 Å². The number of benzene rings is 2. The second kappa shape index (κ2) is 9.45. The average Bonchev–Trinajstić information content (AvgIpc) is 2.53. The molecular weight excluding hydrogens is 375 g/mol.